The molecule has 2 aromatic rings. The van der Waals surface area contributed by atoms with E-state index >= 15 is 0 Å². The number of phenolic OH excluding ortho intramolecular Hbond substituents is 1. The second-order valence-electron chi connectivity index (χ2n) is 6.12. The van der Waals surface area contributed by atoms with E-state index in [1.165, 1.54) is 22.3 Å². The fourth-order valence-corrected chi connectivity index (χ4v) is 2.70. The van der Waals surface area contributed by atoms with Gasteiger partial charge in [0.2, 0.25) is 0 Å². The van der Waals surface area contributed by atoms with Crippen molar-refractivity contribution in [3.05, 3.63) is 53.1 Å². The minimum atomic E-state index is 0.363. The van der Waals surface area contributed by atoms with Crippen molar-refractivity contribution in [1.29, 1.82) is 0 Å². The van der Waals surface area contributed by atoms with Gasteiger partial charge in [0.05, 0.1) is 0 Å². The summed E-state index contributed by atoms with van der Waals surface area (Å²) in [6, 6.07) is 12.5. The maximum Gasteiger partial charge on any atom is 0.118 e. The lowest BCUT2D eigenvalue weighted by Gasteiger charge is -2.20. The van der Waals surface area contributed by atoms with E-state index in [0.29, 0.717) is 17.6 Å². The van der Waals surface area contributed by atoms with E-state index in [0.717, 1.165) is 5.56 Å². The molecule has 0 atom stereocenters. The third-order valence-corrected chi connectivity index (χ3v) is 3.86. The lowest BCUT2D eigenvalue weighted by molar-refractivity contribution is 0.471. The van der Waals surface area contributed by atoms with Crippen LogP contribution in [0.4, 0.5) is 0 Å². The van der Waals surface area contributed by atoms with Gasteiger partial charge in [-0.15, -0.1) is 0 Å². The Morgan fingerprint density at radius 2 is 1.40 bits per heavy atom. The van der Waals surface area contributed by atoms with Gasteiger partial charge >= 0.3 is 0 Å². The number of rotatable bonds is 3. The van der Waals surface area contributed by atoms with E-state index in [2.05, 4.69) is 52.0 Å². The molecule has 1 nitrogen and oxygen atoms in total. The van der Waals surface area contributed by atoms with Crippen molar-refractivity contribution in [2.45, 2.75) is 46.5 Å². The molecule has 1 N–H and O–H groups in total. The minimum absolute atomic E-state index is 0.363. The van der Waals surface area contributed by atoms with Crippen LogP contribution in [0.2, 0.25) is 0 Å². The lowest BCUT2D eigenvalue weighted by atomic mass is 9.84. The van der Waals surface area contributed by atoms with Crippen molar-refractivity contribution < 1.29 is 5.11 Å². The molecule has 0 aliphatic rings. The van der Waals surface area contributed by atoms with E-state index < -0.39 is 0 Å². The largest absolute Gasteiger partial charge is 0.508 e. The van der Waals surface area contributed by atoms with Gasteiger partial charge in [-0.1, -0.05) is 52.0 Å². The summed E-state index contributed by atoms with van der Waals surface area (Å²) < 4.78 is 0. The number of phenols is 1. The quantitative estimate of drug-likeness (QED) is 0.766. The minimum Gasteiger partial charge on any atom is -0.508 e. The zero-order valence-electron chi connectivity index (χ0n) is 13.1. The van der Waals surface area contributed by atoms with Gasteiger partial charge in [-0.2, -0.15) is 0 Å². The second-order valence-corrected chi connectivity index (χ2v) is 6.12. The highest BCUT2D eigenvalue weighted by molar-refractivity contribution is 5.73. The van der Waals surface area contributed by atoms with Crippen LogP contribution in [0.15, 0.2) is 36.4 Å². The lowest BCUT2D eigenvalue weighted by Crippen LogP contribution is -1.99. The van der Waals surface area contributed by atoms with Crippen molar-refractivity contribution in [1.82, 2.24) is 0 Å². The van der Waals surface area contributed by atoms with E-state index in [-0.39, 0.29) is 0 Å². The van der Waals surface area contributed by atoms with Crippen LogP contribution >= 0.6 is 0 Å². The zero-order chi connectivity index (χ0) is 14.9. The van der Waals surface area contributed by atoms with Crippen LogP contribution < -0.4 is 0 Å². The molecule has 20 heavy (non-hydrogen) atoms. The number of aromatic hydroxyl groups is 1. The van der Waals surface area contributed by atoms with Crippen LogP contribution in [-0.4, -0.2) is 5.11 Å². The molecule has 0 radical (unpaired) electrons. The summed E-state index contributed by atoms with van der Waals surface area (Å²) in [6.07, 6.45) is 0. The fourth-order valence-electron chi connectivity index (χ4n) is 2.70. The second kappa shape index (κ2) is 5.70. The van der Waals surface area contributed by atoms with Crippen molar-refractivity contribution in [2.75, 3.05) is 0 Å². The number of benzene rings is 2. The molecule has 0 aliphatic carbocycles. The van der Waals surface area contributed by atoms with Crippen molar-refractivity contribution in [3.63, 3.8) is 0 Å². The molecule has 0 aromatic heterocycles. The maximum absolute atomic E-state index is 9.75. The van der Waals surface area contributed by atoms with Gasteiger partial charge in [-0.05, 0) is 58.7 Å². The van der Waals surface area contributed by atoms with Gasteiger partial charge in [-0.3, -0.25) is 0 Å². The van der Waals surface area contributed by atoms with Gasteiger partial charge in [-0.25, -0.2) is 0 Å². The molecule has 0 spiro atoms. The molecular weight excluding hydrogens is 244 g/mol. The van der Waals surface area contributed by atoms with Crippen LogP contribution in [0.5, 0.6) is 5.75 Å². The molecule has 0 amide bonds. The normalized spacial score (nSPS) is 11.3. The number of hydrogen-bond donors (Lipinski definition) is 1. The summed E-state index contributed by atoms with van der Waals surface area (Å²) >= 11 is 0. The third kappa shape index (κ3) is 2.72. The first-order valence-electron chi connectivity index (χ1n) is 7.34. The Labute approximate surface area is 122 Å². The van der Waals surface area contributed by atoms with Crippen molar-refractivity contribution in [3.8, 4) is 16.9 Å². The highest BCUT2D eigenvalue weighted by Gasteiger charge is 2.15. The molecule has 2 rings (SSSR count). The number of hydrogen-bond acceptors (Lipinski definition) is 1. The Morgan fingerprint density at radius 3 is 1.85 bits per heavy atom. The molecule has 2 aromatic carbocycles. The molecule has 106 valence electrons. The first kappa shape index (κ1) is 14.6. The smallest absolute Gasteiger partial charge is 0.118 e. The summed E-state index contributed by atoms with van der Waals surface area (Å²) in [7, 11) is 0. The Morgan fingerprint density at radius 1 is 0.850 bits per heavy atom. The Hall–Kier alpha value is -1.76. The predicted molar refractivity (Wildman–Crippen MR) is 86.5 cm³/mol. The Bertz CT molecular complexity index is 583. The topological polar surface area (TPSA) is 20.2 Å². The number of aryl methyl sites for hydroxylation is 1. The first-order valence-corrected chi connectivity index (χ1v) is 7.34. The SMILES string of the molecule is Cc1cc(-c2c(C(C)C)cccc2C(C)C)ccc1O. The summed E-state index contributed by atoms with van der Waals surface area (Å²) in [5, 5.41) is 9.75. The average molecular weight is 268 g/mol. The molecule has 0 bridgehead atoms. The van der Waals surface area contributed by atoms with Gasteiger partial charge < -0.3 is 5.11 Å². The van der Waals surface area contributed by atoms with E-state index in [4.69, 9.17) is 0 Å². The highest BCUT2D eigenvalue weighted by Crippen LogP contribution is 2.37. The third-order valence-electron chi connectivity index (χ3n) is 3.86. The van der Waals surface area contributed by atoms with E-state index in [1.807, 2.05) is 13.0 Å². The first-order chi connectivity index (χ1) is 9.41. The van der Waals surface area contributed by atoms with Gasteiger partial charge in [0, 0.05) is 0 Å². The molecule has 1 heteroatoms. The van der Waals surface area contributed by atoms with Crippen molar-refractivity contribution >= 4 is 0 Å². The Balaban J connectivity index is 2.72. The van der Waals surface area contributed by atoms with Crippen LogP contribution in [0.1, 0.15) is 56.2 Å². The summed E-state index contributed by atoms with van der Waals surface area (Å²) in [4.78, 5) is 0. The van der Waals surface area contributed by atoms with Gasteiger partial charge in [0.1, 0.15) is 5.75 Å². The van der Waals surface area contributed by atoms with Gasteiger partial charge in [0.15, 0.2) is 0 Å². The van der Waals surface area contributed by atoms with Crippen LogP contribution in [0.3, 0.4) is 0 Å². The molecule has 0 heterocycles. The maximum atomic E-state index is 9.75. The van der Waals surface area contributed by atoms with Crippen LogP contribution in [0, 0.1) is 6.92 Å². The molecule has 0 unspecified atom stereocenters. The molecule has 0 saturated heterocycles. The molecular formula is C19H24O. The van der Waals surface area contributed by atoms with Crippen LogP contribution in [-0.2, 0) is 0 Å². The summed E-state index contributed by atoms with van der Waals surface area (Å²) in [5.41, 5.74) is 6.22. The monoisotopic (exact) mass is 268 g/mol. The predicted octanol–water partition coefficient (Wildman–Crippen LogP) is 5.61. The Kier molecular flexibility index (Phi) is 4.17. The van der Waals surface area contributed by atoms with Crippen molar-refractivity contribution in [2.24, 2.45) is 0 Å². The molecule has 0 aliphatic heterocycles. The summed E-state index contributed by atoms with van der Waals surface area (Å²) in [6.45, 7) is 10.9. The summed E-state index contributed by atoms with van der Waals surface area (Å²) in [5.74, 6) is 1.33. The van der Waals surface area contributed by atoms with Gasteiger partial charge in [0.25, 0.3) is 0 Å². The molecule has 0 saturated carbocycles. The highest BCUT2D eigenvalue weighted by atomic mass is 16.3. The molecule has 0 fully saturated rings. The standard InChI is InChI=1S/C19H24O/c1-12(2)16-7-6-8-17(13(3)4)19(16)15-9-10-18(20)14(5)11-15/h6-13,20H,1-5H3. The zero-order valence-corrected chi connectivity index (χ0v) is 13.1. The fraction of sp³-hybridized carbons (Fsp3) is 0.368. The van der Waals surface area contributed by atoms with E-state index in [9.17, 15) is 5.11 Å². The van der Waals surface area contributed by atoms with E-state index in [1.54, 1.807) is 6.07 Å². The average Bonchev–Trinajstić information content (AvgIpc) is 2.41. The van der Waals surface area contributed by atoms with Crippen LogP contribution in [0.25, 0.3) is 11.1 Å².